The van der Waals surface area contributed by atoms with E-state index in [4.69, 9.17) is 10.8 Å². The highest BCUT2D eigenvalue weighted by atomic mass is 32.1. The summed E-state index contributed by atoms with van der Waals surface area (Å²) in [6.45, 7) is 4.74. The van der Waals surface area contributed by atoms with Crippen molar-refractivity contribution in [3.8, 4) is 0 Å². The van der Waals surface area contributed by atoms with E-state index in [1.54, 1.807) is 20.0 Å². The van der Waals surface area contributed by atoms with Crippen LogP contribution in [0.4, 0.5) is 0 Å². The van der Waals surface area contributed by atoms with E-state index in [2.05, 4.69) is 33.6 Å². The minimum Gasteiger partial charge on any atom is -0.480 e. The van der Waals surface area contributed by atoms with E-state index in [0.29, 0.717) is 0 Å². The molecule has 180 valence electrons. The Morgan fingerprint density at radius 2 is 1.70 bits per heavy atom. The molecule has 2 aromatic rings. The summed E-state index contributed by atoms with van der Waals surface area (Å²) < 4.78 is 0. The fourth-order valence-corrected chi connectivity index (χ4v) is 3.51. The number of fused-ring (bicyclic) bond motifs is 1. The number of carbonyl (C=O) groups excluding carboxylic acids is 3. The quantitative estimate of drug-likeness (QED) is 0.228. The van der Waals surface area contributed by atoms with Crippen LogP contribution >= 0.6 is 12.6 Å². The van der Waals surface area contributed by atoms with Gasteiger partial charge < -0.3 is 31.8 Å². The molecule has 1 aromatic carbocycles. The van der Waals surface area contributed by atoms with Gasteiger partial charge in [0.15, 0.2) is 0 Å². The molecule has 2 rings (SSSR count). The summed E-state index contributed by atoms with van der Waals surface area (Å²) in [4.78, 5) is 52.0. The maximum atomic E-state index is 12.7. The SMILES string of the molecule is CC(NC(=O)C(NC(=O)C(CS)NC(=O)C(N)Cc1c[nH]c2ccccc12)C(C)C)C(=O)O. The van der Waals surface area contributed by atoms with E-state index >= 15 is 0 Å². The topological polar surface area (TPSA) is 166 Å². The van der Waals surface area contributed by atoms with E-state index in [1.165, 1.54) is 6.92 Å². The Bertz CT molecular complexity index is 1010. The van der Waals surface area contributed by atoms with Gasteiger partial charge in [0.2, 0.25) is 17.7 Å². The lowest BCUT2D eigenvalue weighted by atomic mass is 10.0. The standard InChI is InChI=1S/C22H31N5O5S/c1-11(2)18(21(30)25-12(3)22(31)32)27-20(29)17(10-33)26-19(28)15(23)8-13-9-24-16-7-5-4-6-14(13)16/h4-7,9,11-12,15,17-18,24,33H,8,10,23H2,1-3H3,(H,25,30)(H,26,28)(H,27,29)(H,31,32). The monoisotopic (exact) mass is 477 g/mol. The second-order valence-corrected chi connectivity index (χ2v) is 8.58. The van der Waals surface area contributed by atoms with Crippen molar-refractivity contribution in [2.75, 3.05) is 5.75 Å². The first-order valence-corrected chi connectivity index (χ1v) is 11.2. The molecule has 11 heteroatoms. The zero-order valence-electron chi connectivity index (χ0n) is 18.8. The lowest BCUT2D eigenvalue weighted by Gasteiger charge is -2.26. The number of aromatic nitrogens is 1. The van der Waals surface area contributed by atoms with E-state index < -0.39 is 47.9 Å². The Morgan fingerprint density at radius 1 is 1.03 bits per heavy atom. The molecule has 0 saturated carbocycles. The van der Waals surface area contributed by atoms with Gasteiger partial charge in [-0.1, -0.05) is 32.0 Å². The number of nitrogens with two attached hydrogens (primary N) is 1. The van der Waals surface area contributed by atoms with Crippen molar-refractivity contribution in [1.29, 1.82) is 0 Å². The maximum absolute atomic E-state index is 12.7. The summed E-state index contributed by atoms with van der Waals surface area (Å²) in [6, 6.07) is 3.61. The van der Waals surface area contributed by atoms with Gasteiger partial charge in [0.05, 0.1) is 6.04 Å². The minimum atomic E-state index is -1.19. The van der Waals surface area contributed by atoms with Gasteiger partial charge >= 0.3 is 5.97 Å². The molecule has 0 bridgehead atoms. The number of hydrogen-bond acceptors (Lipinski definition) is 6. The van der Waals surface area contributed by atoms with Gasteiger partial charge in [-0.15, -0.1) is 0 Å². The fourth-order valence-electron chi connectivity index (χ4n) is 3.26. The van der Waals surface area contributed by atoms with Crippen LogP contribution in [0, 0.1) is 5.92 Å². The lowest BCUT2D eigenvalue weighted by molar-refractivity contribution is -0.142. The molecule has 1 aromatic heterocycles. The summed E-state index contributed by atoms with van der Waals surface area (Å²) in [5.41, 5.74) is 7.89. The number of nitrogens with one attached hydrogen (secondary N) is 4. The molecule has 0 aliphatic carbocycles. The van der Waals surface area contributed by atoms with Gasteiger partial charge in [-0.3, -0.25) is 19.2 Å². The van der Waals surface area contributed by atoms with Crippen LogP contribution in [-0.2, 0) is 25.6 Å². The van der Waals surface area contributed by atoms with Gasteiger partial charge in [-0.2, -0.15) is 12.6 Å². The van der Waals surface area contributed by atoms with Crippen molar-refractivity contribution in [2.45, 2.75) is 51.4 Å². The van der Waals surface area contributed by atoms with Crippen molar-refractivity contribution >= 4 is 47.2 Å². The molecule has 0 radical (unpaired) electrons. The zero-order chi connectivity index (χ0) is 24.7. The Hall–Kier alpha value is -3.05. The molecule has 0 saturated heterocycles. The highest BCUT2D eigenvalue weighted by Gasteiger charge is 2.30. The zero-order valence-corrected chi connectivity index (χ0v) is 19.7. The molecule has 0 fully saturated rings. The van der Waals surface area contributed by atoms with Crippen LogP contribution < -0.4 is 21.7 Å². The largest absolute Gasteiger partial charge is 0.480 e. The summed E-state index contributed by atoms with van der Waals surface area (Å²) in [6.07, 6.45) is 2.06. The Kier molecular flexibility index (Phi) is 9.30. The van der Waals surface area contributed by atoms with Gasteiger partial charge in [0.1, 0.15) is 18.1 Å². The van der Waals surface area contributed by atoms with Gasteiger partial charge in [-0.05, 0) is 30.9 Å². The third-order valence-corrected chi connectivity index (χ3v) is 5.61. The van der Waals surface area contributed by atoms with Gasteiger partial charge in [0, 0.05) is 22.9 Å². The van der Waals surface area contributed by atoms with Gasteiger partial charge in [-0.25, -0.2) is 0 Å². The molecule has 1 heterocycles. The molecule has 33 heavy (non-hydrogen) atoms. The summed E-state index contributed by atoms with van der Waals surface area (Å²) in [5, 5.41) is 17.4. The second kappa shape index (κ2) is 11.7. The highest BCUT2D eigenvalue weighted by molar-refractivity contribution is 7.80. The van der Waals surface area contributed by atoms with Crippen LogP contribution in [0.2, 0.25) is 0 Å². The third-order valence-electron chi connectivity index (χ3n) is 5.24. The second-order valence-electron chi connectivity index (χ2n) is 8.21. The number of aromatic amines is 1. The number of para-hydroxylation sites is 1. The van der Waals surface area contributed by atoms with Crippen molar-refractivity contribution in [3.05, 3.63) is 36.0 Å². The van der Waals surface area contributed by atoms with Crippen molar-refractivity contribution in [1.82, 2.24) is 20.9 Å². The molecule has 3 amide bonds. The predicted octanol–water partition coefficient (Wildman–Crippen LogP) is 0.182. The molecule has 10 nitrogen and oxygen atoms in total. The van der Waals surface area contributed by atoms with Crippen LogP contribution in [0.25, 0.3) is 10.9 Å². The van der Waals surface area contributed by atoms with E-state index in [9.17, 15) is 19.2 Å². The fraction of sp³-hybridized carbons (Fsp3) is 0.455. The minimum absolute atomic E-state index is 0.0185. The van der Waals surface area contributed by atoms with Crippen LogP contribution in [0.1, 0.15) is 26.3 Å². The molecule has 7 N–H and O–H groups in total. The predicted molar refractivity (Wildman–Crippen MR) is 128 cm³/mol. The number of amides is 3. The summed E-state index contributed by atoms with van der Waals surface area (Å²) in [7, 11) is 0. The molecule has 0 aliphatic rings. The highest BCUT2D eigenvalue weighted by Crippen LogP contribution is 2.18. The average molecular weight is 478 g/mol. The maximum Gasteiger partial charge on any atom is 0.325 e. The number of rotatable bonds is 11. The molecule has 4 unspecified atom stereocenters. The van der Waals surface area contributed by atoms with Crippen LogP contribution in [0.5, 0.6) is 0 Å². The normalized spacial score (nSPS) is 14.8. The summed E-state index contributed by atoms with van der Waals surface area (Å²) in [5.74, 6) is -3.31. The lowest BCUT2D eigenvalue weighted by Crippen LogP contribution is -2.58. The number of carbonyl (C=O) groups is 4. The van der Waals surface area contributed by atoms with Gasteiger partial charge in [0.25, 0.3) is 0 Å². The summed E-state index contributed by atoms with van der Waals surface area (Å²) >= 11 is 4.14. The Balaban J connectivity index is 2.00. The molecular formula is C22H31N5O5S. The number of carboxylic acids is 1. The van der Waals surface area contributed by atoms with Crippen LogP contribution in [0.3, 0.4) is 0 Å². The van der Waals surface area contributed by atoms with Crippen LogP contribution in [0.15, 0.2) is 30.5 Å². The molecule has 0 aliphatic heterocycles. The van der Waals surface area contributed by atoms with E-state index in [1.807, 2.05) is 24.3 Å². The van der Waals surface area contributed by atoms with E-state index in [0.717, 1.165) is 16.5 Å². The van der Waals surface area contributed by atoms with Crippen molar-refractivity contribution in [2.24, 2.45) is 11.7 Å². The number of thiol groups is 1. The molecule has 0 spiro atoms. The van der Waals surface area contributed by atoms with Crippen LogP contribution in [-0.4, -0.2) is 63.7 Å². The number of benzene rings is 1. The number of hydrogen-bond donors (Lipinski definition) is 7. The third kappa shape index (κ3) is 6.96. The Labute approximate surface area is 197 Å². The Morgan fingerprint density at radius 3 is 2.30 bits per heavy atom. The van der Waals surface area contributed by atoms with Crippen molar-refractivity contribution < 1.29 is 24.3 Å². The number of carboxylic acid groups (broad SMARTS) is 1. The first-order valence-electron chi connectivity index (χ1n) is 10.6. The molecular weight excluding hydrogens is 446 g/mol. The first kappa shape index (κ1) is 26.2. The smallest absolute Gasteiger partial charge is 0.325 e. The van der Waals surface area contributed by atoms with Crippen molar-refractivity contribution in [3.63, 3.8) is 0 Å². The number of aliphatic carboxylic acids is 1. The van der Waals surface area contributed by atoms with E-state index in [-0.39, 0.29) is 18.1 Å². The first-order chi connectivity index (χ1) is 15.5. The number of H-pyrrole nitrogens is 1. The molecule has 4 atom stereocenters. The average Bonchev–Trinajstić information content (AvgIpc) is 3.17.